The zero-order valence-electron chi connectivity index (χ0n) is 9.09. The fraction of sp³-hybridized carbons (Fsp3) is 0.455. The maximum absolute atomic E-state index is 5.23. The first-order chi connectivity index (χ1) is 7.88. The van der Waals surface area contributed by atoms with Crippen molar-refractivity contribution in [2.75, 3.05) is 12.9 Å². The summed E-state index contributed by atoms with van der Waals surface area (Å²) in [5, 5.41) is 8.96. The third-order valence-electron chi connectivity index (χ3n) is 2.85. The summed E-state index contributed by atoms with van der Waals surface area (Å²) >= 11 is 1.96. The molecule has 0 N–H and O–H groups in total. The molecule has 2 aromatic heterocycles. The highest BCUT2D eigenvalue weighted by Gasteiger charge is 2.22. The van der Waals surface area contributed by atoms with Crippen molar-refractivity contribution in [3.63, 3.8) is 0 Å². The van der Waals surface area contributed by atoms with Crippen LogP contribution in [-0.2, 0) is 0 Å². The van der Waals surface area contributed by atoms with Crippen LogP contribution in [0.15, 0.2) is 18.3 Å². The fourth-order valence-electron chi connectivity index (χ4n) is 2.01. The Bertz CT molecular complexity index is 505. The molecule has 0 amide bonds. The number of pyridine rings is 1. The Morgan fingerprint density at radius 2 is 2.38 bits per heavy atom. The van der Waals surface area contributed by atoms with Crippen molar-refractivity contribution in [3.05, 3.63) is 24.2 Å². The molecule has 84 valence electrons. The van der Waals surface area contributed by atoms with Crippen molar-refractivity contribution in [2.24, 2.45) is 0 Å². The van der Waals surface area contributed by atoms with Crippen LogP contribution in [0.4, 0.5) is 0 Å². The zero-order chi connectivity index (χ0) is 11.0. The van der Waals surface area contributed by atoms with E-state index in [2.05, 4.69) is 10.2 Å². The second-order valence-electron chi connectivity index (χ2n) is 3.86. The van der Waals surface area contributed by atoms with Crippen LogP contribution in [-0.4, -0.2) is 27.5 Å². The van der Waals surface area contributed by atoms with Gasteiger partial charge < -0.3 is 4.74 Å². The van der Waals surface area contributed by atoms with Gasteiger partial charge in [0.15, 0.2) is 11.5 Å². The number of ether oxygens (including phenoxy) is 1. The molecular weight excluding hydrogens is 222 g/mol. The van der Waals surface area contributed by atoms with Crippen LogP contribution < -0.4 is 4.74 Å². The standard InChI is InChI=1S/C11H13N3OS/c1-15-8-4-5-10-12-13-11(14(10)7-8)9-3-2-6-16-9/h4-5,7,9H,2-3,6H2,1H3. The summed E-state index contributed by atoms with van der Waals surface area (Å²) < 4.78 is 7.27. The molecule has 0 saturated carbocycles. The van der Waals surface area contributed by atoms with Gasteiger partial charge in [-0.2, -0.15) is 11.8 Å². The SMILES string of the molecule is COc1ccc2nnc(C3CCCS3)n2c1. The molecule has 1 aliphatic rings. The molecule has 0 spiro atoms. The second kappa shape index (κ2) is 3.97. The first kappa shape index (κ1) is 9.96. The quantitative estimate of drug-likeness (QED) is 0.800. The van der Waals surface area contributed by atoms with Crippen molar-refractivity contribution >= 4 is 17.4 Å². The predicted octanol–water partition coefficient (Wildman–Crippen LogP) is 2.31. The van der Waals surface area contributed by atoms with Crippen LogP contribution in [0.5, 0.6) is 5.75 Å². The van der Waals surface area contributed by atoms with Gasteiger partial charge >= 0.3 is 0 Å². The summed E-state index contributed by atoms with van der Waals surface area (Å²) in [4.78, 5) is 0. The number of methoxy groups -OCH3 is 1. The topological polar surface area (TPSA) is 39.4 Å². The average Bonchev–Trinajstić information content (AvgIpc) is 2.96. The van der Waals surface area contributed by atoms with Crippen molar-refractivity contribution in [1.82, 2.24) is 14.6 Å². The van der Waals surface area contributed by atoms with Crippen LogP contribution in [0.1, 0.15) is 23.9 Å². The zero-order valence-corrected chi connectivity index (χ0v) is 9.91. The van der Waals surface area contributed by atoms with E-state index in [1.54, 1.807) is 7.11 Å². The summed E-state index contributed by atoms with van der Waals surface area (Å²) in [6.45, 7) is 0. The molecular formula is C11H13N3OS. The van der Waals surface area contributed by atoms with Gasteiger partial charge in [-0.1, -0.05) is 0 Å². The molecule has 1 unspecified atom stereocenters. The summed E-state index contributed by atoms with van der Waals surface area (Å²) in [5.41, 5.74) is 0.892. The molecule has 3 heterocycles. The van der Waals surface area contributed by atoms with E-state index in [1.807, 2.05) is 34.5 Å². The van der Waals surface area contributed by atoms with Crippen LogP contribution in [0, 0.1) is 0 Å². The largest absolute Gasteiger partial charge is 0.495 e. The minimum absolute atomic E-state index is 0.488. The van der Waals surface area contributed by atoms with Gasteiger partial charge in [-0.25, -0.2) is 0 Å². The molecule has 0 bridgehead atoms. The number of aromatic nitrogens is 3. The van der Waals surface area contributed by atoms with Crippen LogP contribution >= 0.6 is 11.8 Å². The minimum atomic E-state index is 0.488. The van der Waals surface area contributed by atoms with Gasteiger partial charge in [-0.15, -0.1) is 10.2 Å². The summed E-state index contributed by atoms with van der Waals surface area (Å²) in [6, 6.07) is 3.85. The average molecular weight is 235 g/mol. The first-order valence-corrected chi connectivity index (χ1v) is 6.43. The lowest BCUT2D eigenvalue weighted by Crippen LogP contribution is -1.98. The molecule has 1 aliphatic heterocycles. The number of rotatable bonds is 2. The summed E-state index contributed by atoms with van der Waals surface area (Å²) in [6.07, 6.45) is 4.43. The molecule has 1 atom stereocenters. The van der Waals surface area contributed by atoms with E-state index < -0.39 is 0 Å². The Kier molecular flexibility index (Phi) is 2.47. The predicted molar refractivity (Wildman–Crippen MR) is 64.0 cm³/mol. The Morgan fingerprint density at radius 1 is 1.44 bits per heavy atom. The molecule has 1 saturated heterocycles. The van der Waals surface area contributed by atoms with Crippen LogP contribution in [0.3, 0.4) is 0 Å². The van der Waals surface area contributed by atoms with E-state index in [4.69, 9.17) is 4.74 Å². The molecule has 0 aromatic carbocycles. The number of hydrogen-bond donors (Lipinski definition) is 0. The number of fused-ring (bicyclic) bond motifs is 1. The van der Waals surface area contributed by atoms with Crippen LogP contribution in [0.2, 0.25) is 0 Å². The second-order valence-corrected chi connectivity index (χ2v) is 5.17. The van der Waals surface area contributed by atoms with Gasteiger partial charge in [-0.05, 0) is 30.7 Å². The van der Waals surface area contributed by atoms with Gasteiger partial charge in [0.25, 0.3) is 0 Å². The normalized spacial score (nSPS) is 20.4. The maximum Gasteiger partial charge on any atom is 0.161 e. The van der Waals surface area contributed by atoms with Crippen LogP contribution in [0.25, 0.3) is 5.65 Å². The lowest BCUT2D eigenvalue weighted by Gasteiger charge is -2.07. The molecule has 2 aromatic rings. The van der Waals surface area contributed by atoms with E-state index >= 15 is 0 Å². The number of thioether (sulfide) groups is 1. The van der Waals surface area contributed by atoms with E-state index in [9.17, 15) is 0 Å². The molecule has 4 nitrogen and oxygen atoms in total. The number of hydrogen-bond acceptors (Lipinski definition) is 4. The lowest BCUT2D eigenvalue weighted by molar-refractivity contribution is 0.412. The third-order valence-corrected chi connectivity index (χ3v) is 4.23. The highest BCUT2D eigenvalue weighted by molar-refractivity contribution is 7.99. The van der Waals surface area contributed by atoms with E-state index in [-0.39, 0.29) is 0 Å². The van der Waals surface area contributed by atoms with Gasteiger partial charge in [0.05, 0.1) is 18.6 Å². The third kappa shape index (κ3) is 1.55. The van der Waals surface area contributed by atoms with Crippen molar-refractivity contribution in [1.29, 1.82) is 0 Å². The summed E-state index contributed by atoms with van der Waals surface area (Å²) in [7, 11) is 1.68. The summed E-state index contributed by atoms with van der Waals surface area (Å²) in [5.74, 6) is 3.12. The van der Waals surface area contributed by atoms with Crippen molar-refractivity contribution < 1.29 is 4.74 Å². The smallest absolute Gasteiger partial charge is 0.161 e. The van der Waals surface area contributed by atoms with Gasteiger partial charge in [-0.3, -0.25) is 4.40 Å². The highest BCUT2D eigenvalue weighted by Crippen LogP contribution is 2.39. The minimum Gasteiger partial charge on any atom is -0.495 e. The van der Waals surface area contributed by atoms with Crippen molar-refractivity contribution in [3.8, 4) is 5.75 Å². The molecule has 3 rings (SSSR count). The van der Waals surface area contributed by atoms with E-state index in [1.165, 1.54) is 18.6 Å². The highest BCUT2D eigenvalue weighted by atomic mass is 32.2. The Balaban J connectivity index is 2.09. The molecule has 16 heavy (non-hydrogen) atoms. The Hall–Kier alpha value is -1.23. The molecule has 0 aliphatic carbocycles. The number of nitrogens with zero attached hydrogens (tertiary/aromatic N) is 3. The lowest BCUT2D eigenvalue weighted by atomic mass is 10.2. The Labute approximate surface area is 98.0 Å². The fourth-order valence-corrected chi connectivity index (χ4v) is 3.27. The Morgan fingerprint density at radius 3 is 3.12 bits per heavy atom. The monoisotopic (exact) mass is 235 g/mol. The molecule has 5 heteroatoms. The first-order valence-electron chi connectivity index (χ1n) is 5.39. The molecule has 0 radical (unpaired) electrons. The van der Waals surface area contributed by atoms with Gasteiger partial charge in [0, 0.05) is 0 Å². The maximum atomic E-state index is 5.23. The van der Waals surface area contributed by atoms with Crippen molar-refractivity contribution in [2.45, 2.75) is 18.1 Å². The van der Waals surface area contributed by atoms with E-state index in [0.717, 1.165) is 17.2 Å². The van der Waals surface area contributed by atoms with Gasteiger partial charge in [0.2, 0.25) is 0 Å². The van der Waals surface area contributed by atoms with Gasteiger partial charge in [0.1, 0.15) is 5.75 Å². The molecule has 1 fully saturated rings. The van der Waals surface area contributed by atoms with E-state index in [0.29, 0.717) is 5.25 Å².